The number of amides is 1. The Morgan fingerprint density at radius 1 is 1.62 bits per heavy atom. The van der Waals surface area contributed by atoms with Crippen LogP contribution in [0.1, 0.15) is 12.5 Å². The second-order valence-electron chi connectivity index (χ2n) is 3.02. The molecule has 0 aliphatic rings. The van der Waals surface area contributed by atoms with Gasteiger partial charge in [0.05, 0.1) is 0 Å². The van der Waals surface area contributed by atoms with Crippen molar-refractivity contribution in [1.82, 2.24) is 5.32 Å². The zero-order chi connectivity index (χ0) is 9.68. The van der Waals surface area contributed by atoms with Crippen molar-refractivity contribution < 1.29 is 4.79 Å². The highest BCUT2D eigenvalue weighted by Gasteiger charge is 2.01. The van der Waals surface area contributed by atoms with E-state index in [1.807, 2.05) is 31.2 Å². The molecule has 0 radical (unpaired) electrons. The van der Waals surface area contributed by atoms with Gasteiger partial charge in [-0.05, 0) is 31.0 Å². The minimum atomic E-state index is 0.149. The fourth-order valence-corrected chi connectivity index (χ4v) is 1.41. The van der Waals surface area contributed by atoms with Crippen LogP contribution in [0.3, 0.4) is 0 Å². The summed E-state index contributed by atoms with van der Waals surface area (Å²) in [4.78, 5) is 10.1. The van der Waals surface area contributed by atoms with Gasteiger partial charge >= 0.3 is 0 Å². The summed E-state index contributed by atoms with van der Waals surface area (Å²) in [6, 6.07) is 7.80. The molecule has 2 nitrogen and oxygen atoms in total. The van der Waals surface area contributed by atoms with Gasteiger partial charge in [0.25, 0.3) is 0 Å². The van der Waals surface area contributed by atoms with Gasteiger partial charge < -0.3 is 5.32 Å². The number of rotatable bonds is 4. The number of carbonyl (C=O) groups is 1. The zero-order valence-electron chi connectivity index (χ0n) is 7.46. The number of carbonyl (C=O) groups excluding carboxylic acids is 1. The number of hydrogen-bond acceptors (Lipinski definition) is 1. The van der Waals surface area contributed by atoms with Gasteiger partial charge in [-0.15, -0.1) is 0 Å². The first-order valence-corrected chi connectivity index (χ1v) is 4.54. The summed E-state index contributed by atoms with van der Waals surface area (Å²) in [5.41, 5.74) is 1.13. The van der Waals surface area contributed by atoms with Crippen molar-refractivity contribution in [2.75, 3.05) is 0 Å². The molecule has 3 heteroatoms. The summed E-state index contributed by atoms with van der Waals surface area (Å²) in [5, 5.41) is 3.42. The second-order valence-corrected chi connectivity index (χ2v) is 3.46. The van der Waals surface area contributed by atoms with Crippen LogP contribution < -0.4 is 5.32 Å². The number of benzene rings is 1. The molecule has 1 amide bonds. The topological polar surface area (TPSA) is 29.1 Å². The van der Waals surface area contributed by atoms with Gasteiger partial charge in [0.1, 0.15) is 0 Å². The molecule has 1 aromatic rings. The molecule has 1 unspecified atom stereocenters. The molecule has 1 atom stereocenters. The quantitative estimate of drug-likeness (QED) is 0.736. The fraction of sp³-hybridized carbons (Fsp3) is 0.300. The van der Waals surface area contributed by atoms with E-state index in [1.165, 1.54) is 0 Å². The van der Waals surface area contributed by atoms with Crippen LogP contribution >= 0.6 is 11.6 Å². The maximum absolute atomic E-state index is 10.1. The third-order valence-electron chi connectivity index (χ3n) is 1.78. The second kappa shape index (κ2) is 4.87. The normalized spacial score (nSPS) is 12.2. The lowest BCUT2D eigenvalue weighted by Crippen LogP contribution is -2.26. The number of nitrogens with one attached hydrogen (secondary N) is 1. The SMILES string of the molecule is CC(Cc1cccc(Cl)c1)NC=O. The number of hydrogen-bond donors (Lipinski definition) is 1. The van der Waals surface area contributed by atoms with Crippen LogP contribution in [0.4, 0.5) is 0 Å². The Morgan fingerprint density at radius 2 is 2.38 bits per heavy atom. The van der Waals surface area contributed by atoms with Crippen molar-refractivity contribution in [3.63, 3.8) is 0 Å². The summed E-state index contributed by atoms with van der Waals surface area (Å²) in [7, 11) is 0. The van der Waals surface area contributed by atoms with Crippen molar-refractivity contribution in [2.24, 2.45) is 0 Å². The van der Waals surface area contributed by atoms with Crippen LogP contribution in [0.5, 0.6) is 0 Å². The highest BCUT2D eigenvalue weighted by molar-refractivity contribution is 6.30. The highest BCUT2D eigenvalue weighted by atomic mass is 35.5. The van der Waals surface area contributed by atoms with E-state index in [0.717, 1.165) is 23.4 Å². The van der Waals surface area contributed by atoms with E-state index in [2.05, 4.69) is 5.32 Å². The van der Waals surface area contributed by atoms with E-state index >= 15 is 0 Å². The predicted octanol–water partition coefficient (Wildman–Crippen LogP) is 2.02. The molecule has 0 saturated carbocycles. The lowest BCUT2D eigenvalue weighted by molar-refractivity contribution is -0.110. The molecule has 1 N–H and O–H groups in total. The molecule has 1 rings (SSSR count). The molecule has 1 aromatic carbocycles. The van der Waals surface area contributed by atoms with Crippen molar-refractivity contribution >= 4 is 18.0 Å². The van der Waals surface area contributed by atoms with E-state index < -0.39 is 0 Å². The summed E-state index contributed by atoms with van der Waals surface area (Å²) < 4.78 is 0. The maximum atomic E-state index is 10.1. The molecule has 0 aliphatic heterocycles. The molecule has 0 spiro atoms. The summed E-state index contributed by atoms with van der Waals surface area (Å²) in [5.74, 6) is 0. The molecule has 0 bridgehead atoms. The monoisotopic (exact) mass is 197 g/mol. The molecule has 0 aromatic heterocycles. The van der Waals surface area contributed by atoms with Crippen LogP contribution in [0.15, 0.2) is 24.3 Å². The van der Waals surface area contributed by atoms with Gasteiger partial charge in [0.15, 0.2) is 0 Å². The summed E-state index contributed by atoms with van der Waals surface area (Å²) in [6.07, 6.45) is 1.52. The lowest BCUT2D eigenvalue weighted by atomic mass is 10.1. The minimum absolute atomic E-state index is 0.149. The molecular weight excluding hydrogens is 186 g/mol. The first kappa shape index (κ1) is 10.1. The van der Waals surface area contributed by atoms with E-state index in [9.17, 15) is 4.79 Å². The number of halogens is 1. The van der Waals surface area contributed by atoms with E-state index in [4.69, 9.17) is 11.6 Å². The Labute approximate surface area is 82.9 Å². The molecular formula is C10H12ClNO. The minimum Gasteiger partial charge on any atom is -0.356 e. The zero-order valence-corrected chi connectivity index (χ0v) is 8.21. The van der Waals surface area contributed by atoms with Crippen LogP contribution in [-0.4, -0.2) is 12.5 Å². The van der Waals surface area contributed by atoms with Gasteiger partial charge in [0.2, 0.25) is 6.41 Å². The average Bonchev–Trinajstić information content (AvgIpc) is 2.04. The van der Waals surface area contributed by atoms with Gasteiger partial charge in [-0.3, -0.25) is 4.79 Å². The van der Waals surface area contributed by atoms with Gasteiger partial charge in [-0.1, -0.05) is 23.7 Å². The van der Waals surface area contributed by atoms with E-state index in [1.54, 1.807) is 0 Å². The van der Waals surface area contributed by atoms with Crippen molar-refractivity contribution in [3.8, 4) is 0 Å². The summed E-state index contributed by atoms with van der Waals surface area (Å²) >= 11 is 5.82. The van der Waals surface area contributed by atoms with Crippen molar-refractivity contribution in [3.05, 3.63) is 34.9 Å². The average molecular weight is 198 g/mol. The lowest BCUT2D eigenvalue weighted by Gasteiger charge is -2.09. The predicted molar refractivity (Wildman–Crippen MR) is 53.8 cm³/mol. The van der Waals surface area contributed by atoms with E-state index in [-0.39, 0.29) is 6.04 Å². The Morgan fingerprint density at radius 3 is 3.00 bits per heavy atom. The third-order valence-corrected chi connectivity index (χ3v) is 2.02. The first-order valence-electron chi connectivity index (χ1n) is 4.16. The Hall–Kier alpha value is -1.02. The van der Waals surface area contributed by atoms with Crippen LogP contribution in [0, 0.1) is 0 Å². The smallest absolute Gasteiger partial charge is 0.207 e. The Kier molecular flexibility index (Phi) is 3.77. The fourth-order valence-electron chi connectivity index (χ4n) is 1.19. The van der Waals surface area contributed by atoms with Crippen LogP contribution in [0.25, 0.3) is 0 Å². The van der Waals surface area contributed by atoms with Crippen molar-refractivity contribution in [2.45, 2.75) is 19.4 Å². The summed E-state index contributed by atoms with van der Waals surface area (Å²) in [6.45, 7) is 1.95. The van der Waals surface area contributed by atoms with Gasteiger partial charge in [-0.2, -0.15) is 0 Å². The highest BCUT2D eigenvalue weighted by Crippen LogP contribution is 2.11. The molecule has 13 heavy (non-hydrogen) atoms. The van der Waals surface area contributed by atoms with Gasteiger partial charge in [0, 0.05) is 11.1 Å². The molecule has 0 aliphatic carbocycles. The standard InChI is InChI=1S/C10H12ClNO/c1-8(12-7-13)5-9-3-2-4-10(11)6-9/h2-4,6-8H,5H2,1H3,(H,12,13). The molecule has 0 saturated heterocycles. The van der Waals surface area contributed by atoms with Crippen LogP contribution in [-0.2, 0) is 11.2 Å². The molecule has 0 heterocycles. The Bertz CT molecular complexity index is 288. The van der Waals surface area contributed by atoms with E-state index in [0.29, 0.717) is 0 Å². The maximum Gasteiger partial charge on any atom is 0.207 e. The van der Waals surface area contributed by atoms with Crippen LogP contribution in [0.2, 0.25) is 5.02 Å². The molecule has 0 fully saturated rings. The van der Waals surface area contributed by atoms with Gasteiger partial charge in [-0.25, -0.2) is 0 Å². The largest absolute Gasteiger partial charge is 0.356 e. The molecule has 70 valence electrons. The first-order chi connectivity index (χ1) is 6.22. The van der Waals surface area contributed by atoms with Crippen molar-refractivity contribution in [1.29, 1.82) is 0 Å². The Balaban J connectivity index is 2.58. The third kappa shape index (κ3) is 3.47.